The quantitative estimate of drug-likeness (QED) is 0.548. The molecular weight excluding hydrogens is 406 g/mol. The van der Waals surface area contributed by atoms with Crippen molar-refractivity contribution in [3.05, 3.63) is 71.4 Å². The highest BCUT2D eigenvalue weighted by Gasteiger charge is 2.22. The van der Waals surface area contributed by atoms with Crippen LogP contribution >= 0.6 is 0 Å². The third kappa shape index (κ3) is 5.44. The van der Waals surface area contributed by atoms with E-state index in [2.05, 4.69) is 15.7 Å². The zero-order valence-corrected chi connectivity index (χ0v) is 17.2. The van der Waals surface area contributed by atoms with E-state index in [0.29, 0.717) is 28.8 Å². The average molecular weight is 428 g/mol. The lowest BCUT2D eigenvalue weighted by atomic mass is 9.92. The number of amides is 2. The number of hydrogen-bond acceptors (Lipinski definition) is 3. The predicted octanol–water partition coefficient (Wildman–Crippen LogP) is 4.72. The molecule has 0 atom stereocenters. The van der Waals surface area contributed by atoms with Gasteiger partial charge in [0.15, 0.2) is 0 Å². The summed E-state index contributed by atoms with van der Waals surface area (Å²) in [6.45, 7) is 5.90. The van der Waals surface area contributed by atoms with Crippen LogP contribution in [0.5, 0.6) is 0 Å². The smallest absolute Gasteiger partial charge is 0.324 e. The molecule has 162 valence electrons. The Balaban J connectivity index is 1.89. The summed E-state index contributed by atoms with van der Waals surface area (Å²) in [4.78, 5) is 23.3. The van der Waals surface area contributed by atoms with Gasteiger partial charge >= 0.3 is 12.0 Å². The van der Waals surface area contributed by atoms with E-state index in [1.807, 2.05) is 20.8 Å². The summed E-state index contributed by atoms with van der Waals surface area (Å²) in [7, 11) is 0. The predicted molar refractivity (Wildman–Crippen MR) is 113 cm³/mol. The highest BCUT2D eigenvalue weighted by atomic mass is 19.1. The summed E-state index contributed by atoms with van der Waals surface area (Å²) >= 11 is 0. The zero-order valence-electron chi connectivity index (χ0n) is 17.2. The minimum atomic E-state index is -0.936. The lowest BCUT2D eigenvalue weighted by Gasteiger charge is -2.14. The van der Waals surface area contributed by atoms with Gasteiger partial charge in [0.2, 0.25) is 0 Å². The zero-order chi connectivity index (χ0) is 22.8. The van der Waals surface area contributed by atoms with E-state index in [1.54, 1.807) is 30.3 Å². The SMILES string of the molecule is CC(C)(C)c1cc(NC(=O)Nc2ccc(F)cc2F)n(-c2ccc(CC(=O)O)cc2)n1. The molecule has 7 nitrogen and oxygen atoms in total. The molecule has 0 aliphatic rings. The molecule has 2 amide bonds. The van der Waals surface area contributed by atoms with Crippen LogP contribution in [0.1, 0.15) is 32.0 Å². The molecular formula is C22H22F2N4O3. The topological polar surface area (TPSA) is 96.2 Å². The molecule has 0 aliphatic carbocycles. The minimum absolute atomic E-state index is 0.108. The van der Waals surface area contributed by atoms with Gasteiger partial charge in [0.05, 0.1) is 23.5 Å². The van der Waals surface area contributed by atoms with Crippen LogP contribution in [-0.2, 0) is 16.6 Å². The first-order valence-electron chi connectivity index (χ1n) is 9.47. The highest BCUT2D eigenvalue weighted by Crippen LogP contribution is 2.27. The lowest BCUT2D eigenvalue weighted by Crippen LogP contribution is -2.22. The van der Waals surface area contributed by atoms with Crippen LogP contribution in [0.15, 0.2) is 48.5 Å². The van der Waals surface area contributed by atoms with Gasteiger partial charge in [-0.15, -0.1) is 0 Å². The first-order chi connectivity index (χ1) is 14.5. The van der Waals surface area contributed by atoms with Gasteiger partial charge < -0.3 is 10.4 Å². The summed E-state index contributed by atoms with van der Waals surface area (Å²) in [6.07, 6.45) is -0.108. The maximum atomic E-state index is 13.8. The van der Waals surface area contributed by atoms with Crippen molar-refractivity contribution in [2.75, 3.05) is 10.6 Å². The van der Waals surface area contributed by atoms with Gasteiger partial charge in [-0.1, -0.05) is 32.9 Å². The molecule has 3 N–H and O–H groups in total. The minimum Gasteiger partial charge on any atom is -0.481 e. The number of aromatic nitrogens is 2. The molecule has 1 aromatic heterocycles. The van der Waals surface area contributed by atoms with E-state index in [1.165, 1.54) is 4.68 Å². The number of carbonyl (C=O) groups excluding carboxylic acids is 1. The number of carbonyl (C=O) groups is 2. The number of carboxylic acids is 1. The second kappa shape index (κ2) is 8.55. The van der Waals surface area contributed by atoms with Gasteiger partial charge in [-0.05, 0) is 29.8 Å². The Morgan fingerprint density at radius 3 is 2.29 bits per heavy atom. The van der Waals surface area contributed by atoms with Crippen LogP contribution in [0.2, 0.25) is 0 Å². The van der Waals surface area contributed by atoms with Gasteiger partial charge in [-0.25, -0.2) is 18.3 Å². The van der Waals surface area contributed by atoms with Crippen LogP contribution in [0.25, 0.3) is 5.69 Å². The molecule has 0 bridgehead atoms. The molecule has 0 aliphatic heterocycles. The van der Waals surface area contributed by atoms with Gasteiger partial charge in [-0.2, -0.15) is 5.10 Å². The Hall–Kier alpha value is -3.75. The third-order valence-electron chi connectivity index (χ3n) is 4.43. The normalized spacial score (nSPS) is 11.3. The highest BCUT2D eigenvalue weighted by molar-refractivity contribution is 5.99. The van der Waals surface area contributed by atoms with Gasteiger partial charge in [0, 0.05) is 17.5 Å². The number of hydrogen-bond donors (Lipinski definition) is 3. The largest absolute Gasteiger partial charge is 0.481 e. The first-order valence-corrected chi connectivity index (χ1v) is 9.47. The van der Waals surface area contributed by atoms with Crippen molar-refractivity contribution in [3.8, 4) is 5.69 Å². The van der Waals surface area contributed by atoms with Crippen molar-refractivity contribution >= 4 is 23.5 Å². The Bertz CT molecular complexity index is 1120. The Morgan fingerprint density at radius 1 is 1.03 bits per heavy atom. The van der Waals surface area contributed by atoms with E-state index in [0.717, 1.165) is 12.1 Å². The van der Waals surface area contributed by atoms with Crippen molar-refractivity contribution in [1.82, 2.24) is 9.78 Å². The molecule has 9 heteroatoms. The number of carboxylic acid groups (broad SMARTS) is 1. The lowest BCUT2D eigenvalue weighted by molar-refractivity contribution is -0.136. The number of rotatable bonds is 5. The number of benzene rings is 2. The van der Waals surface area contributed by atoms with E-state index < -0.39 is 23.6 Å². The maximum absolute atomic E-state index is 13.8. The number of halogens is 2. The molecule has 0 fully saturated rings. The fourth-order valence-electron chi connectivity index (χ4n) is 2.82. The Morgan fingerprint density at radius 2 is 1.71 bits per heavy atom. The van der Waals surface area contributed by atoms with Crippen LogP contribution < -0.4 is 10.6 Å². The molecule has 2 aromatic carbocycles. The van der Waals surface area contributed by atoms with Crippen molar-refractivity contribution in [1.29, 1.82) is 0 Å². The third-order valence-corrected chi connectivity index (χ3v) is 4.43. The van der Waals surface area contributed by atoms with Gasteiger partial charge in [-0.3, -0.25) is 10.1 Å². The number of nitrogens with zero attached hydrogens (tertiary/aromatic N) is 2. The standard InChI is InChI=1S/C22H22F2N4O3/c1-22(2,3)18-12-19(26-21(31)25-17-9-6-14(23)11-16(17)24)28(27-18)15-7-4-13(5-8-15)10-20(29)30/h4-9,11-12H,10H2,1-3H3,(H,29,30)(H2,25,26,31). The van der Waals surface area contributed by atoms with Gasteiger partial charge in [0.25, 0.3) is 0 Å². The molecule has 31 heavy (non-hydrogen) atoms. The van der Waals surface area contributed by atoms with Crippen molar-refractivity contribution in [3.63, 3.8) is 0 Å². The fourth-order valence-corrected chi connectivity index (χ4v) is 2.82. The summed E-state index contributed by atoms with van der Waals surface area (Å²) in [5, 5.41) is 18.5. The van der Waals surface area contributed by atoms with Crippen molar-refractivity contribution in [2.24, 2.45) is 0 Å². The number of aliphatic carboxylic acids is 1. The number of nitrogens with one attached hydrogen (secondary N) is 2. The van der Waals surface area contributed by atoms with Crippen LogP contribution in [0, 0.1) is 11.6 Å². The molecule has 0 unspecified atom stereocenters. The van der Waals surface area contributed by atoms with Crippen LogP contribution in [0.4, 0.5) is 25.1 Å². The van der Waals surface area contributed by atoms with Crippen molar-refractivity contribution < 1.29 is 23.5 Å². The Labute approximate surface area is 177 Å². The Kier molecular flexibility index (Phi) is 6.05. The molecule has 3 aromatic rings. The summed E-state index contributed by atoms with van der Waals surface area (Å²) in [6, 6.07) is 10.5. The second-order valence-electron chi connectivity index (χ2n) is 8.02. The van der Waals surface area contributed by atoms with E-state index in [9.17, 15) is 18.4 Å². The molecule has 0 spiro atoms. The van der Waals surface area contributed by atoms with Gasteiger partial charge in [0.1, 0.15) is 17.5 Å². The molecule has 3 rings (SSSR count). The monoisotopic (exact) mass is 428 g/mol. The van der Waals surface area contributed by atoms with Crippen molar-refractivity contribution in [2.45, 2.75) is 32.6 Å². The van der Waals surface area contributed by atoms with E-state index >= 15 is 0 Å². The number of anilines is 2. The molecule has 0 saturated heterocycles. The first kappa shape index (κ1) is 21.9. The fraction of sp³-hybridized carbons (Fsp3) is 0.227. The van der Waals surface area contributed by atoms with E-state index in [-0.39, 0.29) is 17.5 Å². The van der Waals surface area contributed by atoms with E-state index in [4.69, 9.17) is 5.11 Å². The average Bonchev–Trinajstić information content (AvgIpc) is 3.08. The molecule has 0 saturated carbocycles. The molecule has 1 heterocycles. The number of urea groups is 1. The summed E-state index contributed by atoms with van der Waals surface area (Å²) < 4.78 is 28.4. The molecule has 0 radical (unpaired) electrons. The maximum Gasteiger partial charge on any atom is 0.324 e. The second-order valence-corrected chi connectivity index (χ2v) is 8.02. The summed E-state index contributed by atoms with van der Waals surface area (Å²) in [5.41, 5.74) is 1.44. The van der Waals surface area contributed by atoms with Crippen LogP contribution in [-0.4, -0.2) is 26.9 Å². The summed E-state index contributed by atoms with van der Waals surface area (Å²) in [5.74, 6) is -2.25. The van der Waals surface area contributed by atoms with Crippen LogP contribution in [0.3, 0.4) is 0 Å².